The van der Waals surface area contributed by atoms with Crippen LogP contribution < -0.4 is 4.90 Å². The van der Waals surface area contributed by atoms with Crippen LogP contribution in [-0.4, -0.2) is 37.1 Å². The second-order valence-electron chi connectivity index (χ2n) is 7.23. The Morgan fingerprint density at radius 2 is 1.71 bits per heavy atom. The number of likely N-dealkylation sites (N-methyl/N-ethyl adjacent to an activating group) is 1. The average Bonchev–Trinajstić information content (AvgIpc) is 2.76. The van der Waals surface area contributed by atoms with E-state index in [1.54, 1.807) is 36.2 Å². The molecule has 2 aromatic carbocycles. The van der Waals surface area contributed by atoms with Gasteiger partial charge < -0.3 is 14.4 Å². The van der Waals surface area contributed by atoms with Crippen LogP contribution in [0, 0.1) is 16.0 Å². The fraction of sp³-hybridized carbons (Fsp3) is 0.304. The molecular formula is C23H26N2O6. The normalized spacial score (nSPS) is 12.2. The number of benzene rings is 2. The van der Waals surface area contributed by atoms with Gasteiger partial charge in [-0.3, -0.25) is 10.1 Å². The van der Waals surface area contributed by atoms with Gasteiger partial charge in [0, 0.05) is 24.4 Å². The molecule has 0 aliphatic rings. The number of para-hydroxylation sites is 1. The number of rotatable bonds is 9. The second kappa shape index (κ2) is 10.9. The standard InChI is InChI=1S/C23H26N2O6/c1-16(2)21(23(27)31-15-17-10-6-5-7-11-17)24(3)19-13-9-8-12-18(19)14-20(25(28)29)22(26)30-4/h5-14,16,21H,15H2,1-4H3/b20-14+/t21-/m0/s1. The number of carbonyl (C=O) groups is 2. The van der Waals surface area contributed by atoms with Crippen molar-refractivity contribution in [3.8, 4) is 0 Å². The fourth-order valence-corrected chi connectivity index (χ4v) is 3.21. The van der Waals surface area contributed by atoms with Crippen molar-refractivity contribution in [2.75, 3.05) is 19.1 Å². The van der Waals surface area contributed by atoms with E-state index >= 15 is 0 Å². The minimum atomic E-state index is -1.05. The minimum absolute atomic E-state index is 0.110. The molecule has 0 radical (unpaired) electrons. The van der Waals surface area contributed by atoms with Crippen LogP contribution in [-0.2, 0) is 25.7 Å². The summed E-state index contributed by atoms with van der Waals surface area (Å²) in [6.45, 7) is 3.92. The van der Waals surface area contributed by atoms with Crippen LogP contribution in [0.2, 0.25) is 0 Å². The summed E-state index contributed by atoms with van der Waals surface area (Å²) in [6.07, 6.45) is 1.14. The molecule has 0 aliphatic heterocycles. The van der Waals surface area contributed by atoms with E-state index in [1.165, 1.54) is 0 Å². The predicted octanol–water partition coefficient (Wildman–Crippen LogP) is 3.68. The highest BCUT2D eigenvalue weighted by Gasteiger charge is 2.30. The highest BCUT2D eigenvalue weighted by atomic mass is 16.6. The summed E-state index contributed by atoms with van der Waals surface area (Å²) >= 11 is 0. The zero-order chi connectivity index (χ0) is 23.0. The maximum atomic E-state index is 12.9. The average molecular weight is 426 g/mol. The van der Waals surface area contributed by atoms with Crippen LogP contribution in [0.25, 0.3) is 6.08 Å². The molecule has 164 valence electrons. The molecule has 0 saturated carbocycles. The number of carbonyl (C=O) groups excluding carboxylic acids is 2. The number of esters is 2. The van der Waals surface area contributed by atoms with Gasteiger partial charge in [-0.25, -0.2) is 9.59 Å². The maximum absolute atomic E-state index is 12.9. The Balaban J connectivity index is 2.34. The molecule has 8 heteroatoms. The van der Waals surface area contributed by atoms with Crippen molar-refractivity contribution in [1.82, 2.24) is 0 Å². The van der Waals surface area contributed by atoms with Crippen LogP contribution in [0.1, 0.15) is 25.0 Å². The first-order valence-electron chi connectivity index (χ1n) is 9.73. The molecule has 0 amide bonds. The van der Waals surface area contributed by atoms with Crippen LogP contribution in [0.5, 0.6) is 0 Å². The van der Waals surface area contributed by atoms with Crippen LogP contribution in [0.3, 0.4) is 0 Å². The van der Waals surface area contributed by atoms with Gasteiger partial charge in [0.1, 0.15) is 12.6 Å². The zero-order valence-corrected chi connectivity index (χ0v) is 18.0. The van der Waals surface area contributed by atoms with Crippen molar-refractivity contribution in [2.24, 2.45) is 5.92 Å². The van der Waals surface area contributed by atoms with E-state index in [0.717, 1.165) is 18.7 Å². The van der Waals surface area contributed by atoms with Crippen molar-refractivity contribution >= 4 is 23.7 Å². The third kappa shape index (κ3) is 6.15. The van der Waals surface area contributed by atoms with E-state index in [0.29, 0.717) is 11.3 Å². The Morgan fingerprint density at radius 3 is 2.29 bits per heavy atom. The van der Waals surface area contributed by atoms with E-state index in [2.05, 4.69) is 4.74 Å². The minimum Gasteiger partial charge on any atom is -0.461 e. The van der Waals surface area contributed by atoms with Gasteiger partial charge in [0.05, 0.1) is 12.0 Å². The summed E-state index contributed by atoms with van der Waals surface area (Å²) < 4.78 is 10.0. The molecule has 0 aliphatic carbocycles. The number of hydrogen-bond acceptors (Lipinski definition) is 7. The van der Waals surface area contributed by atoms with Crippen molar-refractivity contribution in [1.29, 1.82) is 0 Å². The maximum Gasteiger partial charge on any atom is 0.409 e. The summed E-state index contributed by atoms with van der Waals surface area (Å²) in [6, 6.07) is 15.5. The third-order valence-electron chi connectivity index (χ3n) is 4.71. The van der Waals surface area contributed by atoms with E-state index in [9.17, 15) is 19.7 Å². The number of nitrogens with zero attached hydrogens (tertiary/aromatic N) is 2. The first kappa shape index (κ1) is 23.6. The van der Waals surface area contributed by atoms with Crippen LogP contribution in [0.4, 0.5) is 5.69 Å². The van der Waals surface area contributed by atoms with E-state index in [4.69, 9.17) is 4.74 Å². The summed E-state index contributed by atoms with van der Waals surface area (Å²) in [7, 11) is 2.79. The van der Waals surface area contributed by atoms with Gasteiger partial charge in [-0.05, 0) is 17.5 Å². The molecule has 0 bridgehead atoms. The van der Waals surface area contributed by atoms with Crippen molar-refractivity contribution in [3.63, 3.8) is 0 Å². The van der Waals surface area contributed by atoms with Crippen LogP contribution in [0.15, 0.2) is 60.3 Å². The highest BCUT2D eigenvalue weighted by molar-refractivity contribution is 5.92. The third-order valence-corrected chi connectivity index (χ3v) is 4.71. The topological polar surface area (TPSA) is 99.0 Å². The lowest BCUT2D eigenvalue weighted by molar-refractivity contribution is -0.419. The highest BCUT2D eigenvalue weighted by Crippen LogP contribution is 2.27. The number of nitro groups is 1. The first-order valence-corrected chi connectivity index (χ1v) is 9.73. The lowest BCUT2D eigenvalue weighted by Gasteiger charge is -2.32. The number of methoxy groups -OCH3 is 1. The Labute approximate surface area is 181 Å². The second-order valence-corrected chi connectivity index (χ2v) is 7.23. The molecule has 1 atom stereocenters. The number of hydrogen-bond donors (Lipinski definition) is 0. The molecule has 8 nitrogen and oxygen atoms in total. The van der Waals surface area contributed by atoms with Gasteiger partial charge >= 0.3 is 17.6 Å². The van der Waals surface area contributed by atoms with Crippen LogP contribution >= 0.6 is 0 Å². The van der Waals surface area contributed by atoms with Crippen molar-refractivity contribution in [2.45, 2.75) is 26.5 Å². The Hall–Kier alpha value is -3.68. The van der Waals surface area contributed by atoms with E-state index < -0.39 is 28.6 Å². The number of anilines is 1. The molecule has 0 unspecified atom stereocenters. The van der Waals surface area contributed by atoms with Gasteiger partial charge in [-0.15, -0.1) is 0 Å². The van der Waals surface area contributed by atoms with E-state index in [1.807, 2.05) is 44.2 Å². The molecule has 0 N–H and O–H groups in total. The molecule has 0 saturated heterocycles. The van der Waals surface area contributed by atoms with E-state index in [-0.39, 0.29) is 12.5 Å². The lowest BCUT2D eigenvalue weighted by atomic mass is 10.0. The quantitative estimate of drug-likeness (QED) is 0.261. The molecule has 0 aromatic heterocycles. The van der Waals surface area contributed by atoms with Gasteiger partial charge in [0.25, 0.3) is 0 Å². The molecular weight excluding hydrogens is 400 g/mol. The Bertz CT molecular complexity index is 956. The molecule has 31 heavy (non-hydrogen) atoms. The lowest BCUT2D eigenvalue weighted by Crippen LogP contribution is -2.44. The Morgan fingerprint density at radius 1 is 1.10 bits per heavy atom. The molecule has 0 spiro atoms. The summed E-state index contributed by atoms with van der Waals surface area (Å²) in [5.41, 5.74) is 1.12. The van der Waals surface area contributed by atoms with Gasteiger partial charge in [-0.2, -0.15) is 0 Å². The van der Waals surface area contributed by atoms with Gasteiger partial charge in [-0.1, -0.05) is 62.4 Å². The molecule has 0 heterocycles. The SMILES string of the molecule is COC(=O)/C(=C\c1ccccc1N(C)[C@H](C(=O)OCc1ccccc1)C(C)C)[N+](=O)[O-]. The summed E-state index contributed by atoms with van der Waals surface area (Å²) in [5, 5.41) is 11.3. The molecule has 0 fully saturated rings. The largest absolute Gasteiger partial charge is 0.461 e. The first-order chi connectivity index (χ1) is 14.8. The van der Waals surface area contributed by atoms with Gasteiger partial charge in [0.2, 0.25) is 0 Å². The summed E-state index contributed by atoms with van der Waals surface area (Å²) in [5.74, 6) is -1.58. The van der Waals surface area contributed by atoms with Gasteiger partial charge in [0.15, 0.2) is 0 Å². The monoisotopic (exact) mass is 426 g/mol. The van der Waals surface area contributed by atoms with Crippen molar-refractivity contribution < 1.29 is 24.0 Å². The molecule has 2 aromatic rings. The Kier molecular flexibility index (Phi) is 8.31. The fourth-order valence-electron chi connectivity index (χ4n) is 3.21. The van der Waals surface area contributed by atoms with Crippen molar-refractivity contribution in [3.05, 3.63) is 81.5 Å². The number of ether oxygens (including phenoxy) is 2. The molecule has 2 rings (SSSR count). The summed E-state index contributed by atoms with van der Waals surface area (Å²) in [4.78, 5) is 36.9. The smallest absolute Gasteiger partial charge is 0.409 e. The zero-order valence-electron chi connectivity index (χ0n) is 18.0. The predicted molar refractivity (Wildman–Crippen MR) is 117 cm³/mol.